The van der Waals surface area contributed by atoms with E-state index in [-0.39, 0.29) is 0 Å². The number of carbonyl (C=O) groups is 1. The molecule has 1 unspecified atom stereocenters. The molecule has 0 fully saturated rings. The zero-order valence-corrected chi connectivity index (χ0v) is 12.8. The minimum absolute atomic E-state index is 0.636. The van der Waals surface area contributed by atoms with Crippen molar-refractivity contribution in [1.29, 1.82) is 0 Å². The fraction of sp³-hybridized carbons (Fsp3) is 0.176. The van der Waals surface area contributed by atoms with Crippen LogP contribution in [0.15, 0.2) is 48.5 Å². The number of hydrogen-bond acceptors (Lipinski definition) is 2. The van der Waals surface area contributed by atoms with Crippen LogP contribution in [0.4, 0.5) is 0 Å². The first-order valence-corrected chi connectivity index (χ1v) is 7.37. The quantitative estimate of drug-likeness (QED) is 0.794. The molecule has 3 rings (SSSR count). The molecule has 5 heteroatoms. The largest absolute Gasteiger partial charge is 0.480 e. The lowest BCUT2D eigenvalue weighted by molar-refractivity contribution is -0.140. The number of aliphatic carboxylic acids is 1. The van der Waals surface area contributed by atoms with E-state index in [1.165, 1.54) is 0 Å². The van der Waals surface area contributed by atoms with Gasteiger partial charge in [-0.25, -0.2) is 4.79 Å². The third-order valence-electron chi connectivity index (χ3n) is 3.70. The number of rotatable bonds is 4. The topological polar surface area (TPSA) is 55.1 Å². The summed E-state index contributed by atoms with van der Waals surface area (Å²) in [4.78, 5) is 11.3. The van der Waals surface area contributed by atoms with Crippen LogP contribution in [-0.4, -0.2) is 20.9 Å². The van der Waals surface area contributed by atoms with E-state index in [4.69, 9.17) is 11.6 Å². The Morgan fingerprint density at radius 2 is 1.91 bits per heavy atom. The Hall–Kier alpha value is -2.33. The van der Waals surface area contributed by atoms with Gasteiger partial charge in [0.2, 0.25) is 0 Å². The first kappa shape index (κ1) is 14.6. The minimum Gasteiger partial charge on any atom is -0.480 e. The second-order valence-electron chi connectivity index (χ2n) is 5.23. The van der Waals surface area contributed by atoms with E-state index in [0.717, 1.165) is 22.2 Å². The van der Waals surface area contributed by atoms with E-state index in [9.17, 15) is 9.90 Å². The second-order valence-corrected chi connectivity index (χ2v) is 5.66. The van der Waals surface area contributed by atoms with Crippen molar-refractivity contribution in [3.05, 3.63) is 64.8 Å². The molecule has 1 aromatic heterocycles. The van der Waals surface area contributed by atoms with E-state index in [1.54, 1.807) is 11.6 Å². The molecule has 0 aliphatic carbocycles. The highest BCUT2D eigenvalue weighted by Crippen LogP contribution is 2.24. The maximum absolute atomic E-state index is 11.3. The molecule has 112 valence electrons. The number of carboxylic acids is 1. The van der Waals surface area contributed by atoms with E-state index >= 15 is 0 Å². The Balaban J connectivity index is 2.06. The fourth-order valence-electron chi connectivity index (χ4n) is 2.48. The van der Waals surface area contributed by atoms with Crippen molar-refractivity contribution in [2.45, 2.75) is 19.4 Å². The maximum atomic E-state index is 11.3. The molecule has 4 nitrogen and oxygen atoms in total. The molecule has 22 heavy (non-hydrogen) atoms. The minimum atomic E-state index is -0.897. The molecule has 0 saturated carbocycles. The van der Waals surface area contributed by atoms with E-state index in [2.05, 4.69) is 5.10 Å². The van der Waals surface area contributed by atoms with Gasteiger partial charge in [-0.1, -0.05) is 41.9 Å². The molecule has 0 saturated heterocycles. The van der Waals surface area contributed by atoms with Gasteiger partial charge in [-0.15, -0.1) is 0 Å². The number of hydrogen-bond donors (Lipinski definition) is 1. The van der Waals surface area contributed by atoms with Crippen LogP contribution in [0.5, 0.6) is 0 Å². The maximum Gasteiger partial charge on any atom is 0.328 e. The average molecular weight is 315 g/mol. The predicted molar refractivity (Wildman–Crippen MR) is 86.3 cm³/mol. The Morgan fingerprint density at radius 1 is 1.23 bits per heavy atom. The Kier molecular flexibility index (Phi) is 3.86. The fourth-order valence-corrected chi connectivity index (χ4v) is 2.61. The first-order chi connectivity index (χ1) is 10.6. The Bertz CT molecular complexity index is 824. The van der Waals surface area contributed by atoms with Gasteiger partial charge in [0.25, 0.3) is 0 Å². The van der Waals surface area contributed by atoms with Gasteiger partial charge >= 0.3 is 5.97 Å². The number of carboxylic acid groups (broad SMARTS) is 1. The van der Waals surface area contributed by atoms with Crippen molar-refractivity contribution in [2.75, 3.05) is 0 Å². The Morgan fingerprint density at radius 3 is 2.59 bits per heavy atom. The van der Waals surface area contributed by atoms with E-state index in [1.807, 2.05) is 48.5 Å². The van der Waals surface area contributed by atoms with Gasteiger partial charge in [-0.2, -0.15) is 5.10 Å². The van der Waals surface area contributed by atoms with Crippen LogP contribution in [0.1, 0.15) is 24.2 Å². The lowest BCUT2D eigenvalue weighted by Gasteiger charge is -2.07. The third kappa shape index (κ3) is 2.70. The molecule has 0 bridgehead atoms. The van der Waals surface area contributed by atoms with Crippen LogP contribution < -0.4 is 0 Å². The van der Waals surface area contributed by atoms with Gasteiger partial charge in [-0.05, 0) is 30.7 Å². The lowest BCUT2D eigenvalue weighted by atomic mass is 10.1. The van der Waals surface area contributed by atoms with E-state index in [0.29, 0.717) is 11.4 Å². The molecule has 1 heterocycles. The number of fused-ring (bicyclic) bond motifs is 1. The van der Waals surface area contributed by atoms with Gasteiger partial charge in [0.05, 0.1) is 11.2 Å². The molecule has 0 aliphatic heterocycles. The summed E-state index contributed by atoms with van der Waals surface area (Å²) < 4.78 is 1.57. The van der Waals surface area contributed by atoms with Crippen LogP contribution >= 0.6 is 11.6 Å². The summed E-state index contributed by atoms with van der Waals surface area (Å²) in [6, 6.07) is 14.6. The van der Waals surface area contributed by atoms with Gasteiger partial charge < -0.3 is 5.11 Å². The summed E-state index contributed by atoms with van der Waals surface area (Å²) in [5.74, 6) is -0.897. The SMILES string of the molecule is CC(C(=O)O)n1nc(Cc2ccc(Cl)cc2)c2ccccc21. The first-order valence-electron chi connectivity index (χ1n) is 6.99. The Labute approximate surface area is 132 Å². The van der Waals surface area contributed by atoms with Crippen LogP contribution in [0, 0.1) is 0 Å². The number of para-hydroxylation sites is 1. The zero-order valence-electron chi connectivity index (χ0n) is 12.0. The summed E-state index contributed by atoms with van der Waals surface area (Å²) in [5.41, 5.74) is 2.79. The summed E-state index contributed by atoms with van der Waals surface area (Å²) in [7, 11) is 0. The predicted octanol–water partition coefficient (Wildman–Crippen LogP) is 3.93. The van der Waals surface area contributed by atoms with Crippen molar-refractivity contribution in [2.24, 2.45) is 0 Å². The highest BCUT2D eigenvalue weighted by molar-refractivity contribution is 6.30. The molecule has 1 N–H and O–H groups in total. The number of halogens is 1. The van der Waals surface area contributed by atoms with Gasteiger partial charge in [0, 0.05) is 16.8 Å². The van der Waals surface area contributed by atoms with Crippen LogP contribution in [0.25, 0.3) is 10.9 Å². The van der Waals surface area contributed by atoms with Crippen molar-refractivity contribution in [3.8, 4) is 0 Å². The molecular weight excluding hydrogens is 300 g/mol. The number of benzene rings is 2. The standard InChI is InChI=1S/C17H15ClN2O2/c1-11(17(21)22)20-16-5-3-2-4-14(16)15(19-20)10-12-6-8-13(18)9-7-12/h2-9,11H,10H2,1H3,(H,21,22). The summed E-state index contributed by atoms with van der Waals surface area (Å²) in [6.45, 7) is 1.63. The lowest BCUT2D eigenvalue weighted by Crippen LogP contribution is -2.16. The highest BCUT2D eigenvalue weighted by Gasteiger charge is 2.19. The van der Waals surface area contributed by atoms with Crippen molar-refractivity contribution in [1.82, 2.24) is 9.78 Å². The second kappa shape index (κ2) is 5.81. The summed E-state index contributed by atoms with van der Waals surface area (Å²) in [5, 5.41) is 15.5. The smallest absolute Gasteiger partial charge is 0.328 e. The summed E-state index contributed by atoms with van der Waals surface area (Å²) in [6.07, 6.45) is 0.636. The number of aromatic nitrogens is 2. The van der Waals surface area contributed by atoms with Crippen LogP contribution in [0.3, 0.4) is 0 Å². The van der Waals surface area contributed by atoms with Crippen LogP contribution in [0.2, 0.25) is 5.02 Å². The molecule has 0 spiro atoms. The molecule has 0 radical (unpaired) electrons. The van der Waals surface area contributed by atoms with Crippen molar-refractivity contribution >= 4 is 28.5 Å². The van der Waals surface area contributed by atoms with Gasteiger partial charge in [0.15, 0.2) is 0 Å². The third-order valence-corrected chi connectivity index (χ3v) is 3.95. The van der Waals surface area contributed by atoms with Crippen molar-refractivity contribution < 1.29 is 9.90 Å². The molecular formula is C17H15ClN2O2. The van der Waals surface area contributed by atoms with Gasteiger partial charge in [0.1, 0.15) is 6.04 Å². The molecule has 0 amide bonds. The average Bonchev–Trinajstić information content (AvgIpc) is 2.88. The monoisotopic (exact) mass is 314 g/mol. The zero-order chi connectivity index (χ0) is 15.7. The molecule has 1 atom stereocenters. The highest BCUT2D eigenvalue weighted by atomic mass is 35.5. The molecule has 2 aromatic carbocycles. The van der Waals surface area contributed by atoms with Crippen molar-refractivity contribution in [3.63, 3.8) is 0 Å². The summed E-state index contributed by atoms with van der Waals surface area (Å²) >= 11 is 5.91. The number of nitrogens with zero attached hydrogens (tertiary/aromatic N) is 2. The van der Waals surface area contributed by atoms with Crippen LogP contribution in [-0.2, 0) is 11.2 Å². The molecule has 0 aliphatic rings. The van der Waals surface area contributed by atoms with E-state index < -0.39 is 12.0 Å². The normalized spacial score (nSPS) is 12.5. The van der Waals surface area contributed by atoms with Gasteiger partial charge in [-0.3, -0.25) is 4.68 Å². The molecule has 3 aromatic rings.